The predicted octanol–water partition coefficient (Wildman–Crippen LogP) is -11.3. The molecule has 5 fully saturated rings. The Morgan fingerprint density at radius 2 is 0.684 bits per heavy atom. The number of rotatable bonds is 14. The average Bonchev–Trinajstić information content (AvgIpc) is 3.20. The molecule has 5 aliphatic heterocycles. The van der Waals surface area contributed by atoms with Crippen LogP contribution in [0.1, 0.15) is 0 Å². The van der Waals surface area contributed by atoms with Gasteiger partial charge >= 0.3 is 0 Å². The fourth-order valence-electron chi connectivity index (χ4n) is 7.25. The first-order valence-electron chi connectivity index (χ1n) is 18.1. The zero-order valence-electron chi connectivity index (χ0n) is 30.3. The van der Waals surface area contributed by atoms with Crippen molar-refractivity contribution in [1.29, 1.82) is 0 Å². The standard InChI is InChI=1S/C31H55NO25/c1-48-28-20(45)18(43)24(11(6-37)53-28)55-31-21(46)25(14(39)8(3-34)51-31)56-27-12(32)16(41)23(10(5-36)52-27)54-30-22(47)26(15(40)9(4-35)50-30)57-29-19(44)17(42)13(38)7(2-33)49-29/h7-31,33-47H,2-6,32H2,1H3/t7?,8?,9?,10?,11?,12?,13-,14+,15-,16?,17?,18?,19?,20?,21?,22?,23+,24-,25?,26?,27+,28?,29?,30?,31+/m1/s1. The minimum atomic E-state index is -2.04. The lowest BCUT2D eigenvalue weighted by Gasteiger charge is -2.50. The molecule has 0 radical (unpaired) electrons. The summed E-state index contributed by atoms with van der Waals surface area (Å²) in [5.74, 6) is 0. The fourth-order valence-corrected chi connectivity index (χ4v) is 7.25. The van der Waals surface area contributed by atoms with Crippen molar-refractivity contribution in [3.8, 4) is 0 Å². The van der Waals surface area contributed by atoms with Crippen LogP contribution in [0, 0.1) is 0 Å². The highest BCUT2D eigenvalue weighted by molar-refractivity contribution is 4.99. The first-order valence-corrected chi connectivity index (χ1v) is 18.1. The van der Waals surface area contributed by atoms with E-state index in [1.807, 2.05) is 0 Å². The molecule has 5 saturated heterocycles. The van der Waals surface area contributed by atoms with Gasteiger partial charge in [0.1, 0.15) is 116 Å². The van der Waals surface area contributed by atoms with Crippen LogP contribution < -0.4 is 5.73 Å². The van der Waals surface area contributed by atoms with Crippen LogP contribution in [0.5, 0.6) is 0 Å². The Bertz CT molecular complexity index is 1230. The van der Waals surface area contributed by atoms with Crippen molar-refractivity contribution in [3.05, 3.63) is 0 Å². The van der Waals surface area contributed by atoms with Gasteiger partial charge in [-0.25, -0.2) is 0 Å². The molecule has 5 aliphatic rings. The molecule has 5 heterocycles. The highest BCUT2D eigenvalue weighted by atomic mass is 16.8. The largest absolute Gasteiger partial charge is 0.394 e. The maximum atomic E-state index is 11.3. The van der Waals surface area contributed by atoms with E-state index in [9.17, 15) is 76.6 Å². The highest BCUT2D eigenvalue weighted by Gasteiger charge is 2.56. The number of methoxy groups -OCH3 is 1. The molecule has 0 bridgehead atoms. The van der Waals surface area contributed by atoms with Gasteiger partial charge in [-0.2, -0.15) is 0 Å². The molecule has 26 nitrogen and oxygen atoms in total. The summed E-state index contributed by atoms with van der Waals surface area (Å²) >= 11 is 0. The molecule has 18 unspecified atom stereocenters. The van der Waals surface area contributed by atoms with Gasteiger partial charge in [0.05, 0.1) is 39.1 Å². The molecule has 334 valence electrons. The van der Waals surface area contributed by atoms with Crippen molar-refractivity contribution in [1.82, 2.24) is 0 Å². The van der Waals surface area contributed by atoms with Crippen molar-refractivity contribution < 1.29 is 124 Å². The van der Waals surface area contributed by atoms with Gasteiger partial charge in [-0.3, -0.25) is 0 Å². The quantitative estimate of drug-likeness (QED) is 0.0772. The molecule has 26 heteroatoms. The molecule has 0 spiro atoms. The molecular weight excluding hydrogens is 786 g/mol. The molecule has 17 N–H and O–H groups in total. The first-order chi connectivity index (χ1) is 27.1. The summed E-state index contributed by atoms with van der Waals surface area (Å²) in [6.07, 6.45) is -41.7. The summed E-state index contributed by atoms with van der Waals surface area (Å²) in [7, 11) is 1.18. The van der Waals surface area contributed by atoms with Gasteiger partial charge in [0.2, 0.25) is 0 Å². The van der Waals surface area contributed by atoms with Gasteiger partial charge in [0.25, 0.3) is 0 Å². The van der Waals surface area contributed by atoms with E-state index in [-0.39, 0.29) is 0 Å². The summed E-state index contributed by atoms with van der Waals surface area (Å²) in [6, 6.07) is -1.65. The summed E-state index contributed by atoms with van der Waals surface area (Å²) in [5, 5.41) is 157. The van der Waals surface area contributed by atoms with E-state index < -0.39 is 187 Å². The molecule has 0 aromatic heterocycles. The predicted molar refractivity (Wildman–Crippen MR) is 173 cm³/mol. The first kappa shape index (κ1) is 47.0. The molecule has 0 amide bonds. The van der Waals surface area contributed by atoms with Crippen molar-refractivity contribution in [2.45, 2.75) is 153 Å². The summed E-state index contributed by atoms with van der Waals surface area (Å²) in [4.78, 5) is 0. The molecule has 5 rings (SSSR count). The molecule has 0 aliphatic carbocycles. The summed E-state index contributed by atoms with van der Waals surface area (Å²) in [6.45, 7) is -4.30. The van der Waals surface area contributed by atoms with Crippen LogP contribution in [-0.4, -0.2) is 270 Å². The van der Waals surface area contributed by atoms with Crippen LogP contribution >= 0.6 is 0 Å². The highest BCUT2D eigenvalue weighted by Crippen LogP contribution is 2.35. The average molecular weight is 842 g/mol. The molecule has 0 aromatic rings. The molecule has 25 atom stereocenters. The van der Waals surface area contributed by atoms with Crippen LogP contribution in [0.2, 0.25) is 0 Å². The lowest BCUT2D eigenvalue weighted by molar-refractivity contribution is -0.386. The zero-order valence-corrected chi connectivity index (χ0v) is 30.3. The molecule has 0 saturated carbocycles. The monoisotopic (exact) mass is 841 g/mol. The third-order valence-electron chi connectivity index (χ3n) is 10.6. The number of nitrogens with two attached hydrogens (primary N) is 1. The third-order valence-corrected chi connectivity index (χ3v) is 10.6. The van der Waals surface area contributed by atoms with Crippen molar-refractivity contribution >= 4 is 0 Å². The normalized spacial score (nSPS) is 52.5. The topological polar surface area (TPSA) is 422 Å². The smallest absolute Gasteiger partial charge is 0.187 e. The van der Waals surface area contributed by atoms with Gasteiger partial charge in [-0.1, -0.05) is 0 Å². The Labute approximate surface area is 323 Å². The number of aliphatic hydroxyl groups is 15. The zero-order chi connectivity index (χ0) is 42.0. The van der Waals surface area contributed by atoms with Crippen LogP contribution in [0.3, 0.4) is 0 Å². The van der Waals surface area contributed by atoms with Crippen molar-refractivity contribution in [2.75, 3.05) is 40.1 Å². The second-order valence-corrected chi connectivity index (χ2v) is 14.2. The van der Waals surface area contributed by atoms with Crippen LogP contribution in [-0.2, 0) is 47.4 Å². The van der Waals surface area contributed by atoms with Gasteiger partial charge in [0.15, 0.2) is 31.5 Å². The number of ether oxygens (including phenoxy) is 10. The lowest BCUT2D eigenvalue weighted by atomic mass is 9.94. The Morgan fingerprint density at radius 1 is 0.351 bits per heavy atom. The van der Waals surface area contributed by atoms with E-state index >= 15 is 0 Å². The van der Waals surface area contributed by atoms with Gasteiger partial charge in [0, 0.05) is 7.11 Å². The number of hydrogen-bond donors (Lipinski definition) is 16. The van der Waals surface area contributed by atoms with E-state index in [4.69, 9.17) is 53.1 Å². The third kappa shape index (κ3) is 9.56. The summed E-state index contributed by atoms with van der Waals surface area (Å²) < 4.78 is 55.2. The lowest BCUT2D eigenvalue weighted by Crippen LogP contribution is -2.69. The van der Waals surface area contributed by atoms with Crippen molar-refractivity contribution in [2.24, 2.45) is 5.73 Å². The van der Waals surface area contributed by atoms with Crippen LogP contribution in [0.25, 0.3) is 0 Å². The SMILES string of the molecule is COC1OC(CO)[C@@H](O[C@@H]2OC(CO)[C@H](O)C(O[C@@H]3OC(CO)[C@H](OC4OC(CO)[C@@H](O)C(OC5OC(CO)[C@@H](O)C(O)C5O)C4O)C(O)C3N)C2O)C(O)C1O. The van der Waals surface area contributed by atoms with Crippen LogP contribution in [0.15, 0.2) is 0 Å². The van der Waals surface area contributed by atoms with Crippen LogP contribution in [0.4, 0.5) is 0 Å². The second-order valence-electron chi connectivity index (χ2n) is 14.2. The number of aliphatic hydroxyl groups excluding tert-OH is 15. The van der Waals surface area contributed by atoms with Crippen molar-refractivity contribution in [3.63, 3.8) is 0 Å². The second kappa shape index (κ2) is 20.2. The van der Waals surface area contributed by atoms with E-state index in [1.54, 1.807) is 0 Å². The van der Waals surface area contributed by atoms with E-state index in [0.29, 0.717) is 0 Å². The number of hydrogen-bond acceptors (Lipinski definition) is 26. The Balaban J connectivity index is 1.29. The van der Waals surface area contributed by atoms with E-state index in [2.05, 4.69) is 0 Å². The molecule has 57 heavy (non-hydrogen) atoms. The Kier molecular flexibility index (Phi) is 16.7. The van der Waals surface area contributed by atoms with Gasteiger partial charge in [-0.05, 0) is 0 Å². The Hall–Kier alpha value is -1.04. The van der Waals surface area contributed by atoms with E-state index in [0.717, 1.165) is 0 Å². The van der Waals surface area contributed by atoms with Gasteiger partial charge in [-0.15, -0.1) is 0 Å². The maximum absolute atomic E-state index is 11.3. The minimum Gasteiger partial charge on any atom is -0.394 e. The molecule has 0 aromatic carbocycles. The minimum absolute atomic E-state index is 0.756. The fraction of sp³-hybridized carbons (Fsp3) is 1.00. The van der Waals surface area contributed by atoms with Gasteiger partial charge < -0.3 is 130 Å². The maximum Gasteiger partial charge on any atom is 0.187 e. The Morgan fingerprint density at radius 3 is 1.12 bits per heavy atom. The van der Waals surface area contributed by atoms with E-state index in [1.165, 1.54) is 7.11 Å². The summed E-state index contributed by atoms with van der Waals surface area (Å²) in [5.41, 5.74) is 6.25. The molecular formula is C31H55NO25.